The Balaban J connectivity index is 0. The van der Waals surface area contributed by atoms with Gasteiger partial charge in [0, 0.05) is 6.54 Å². The molecule has 1 rings (SSSR count). The zero-order chi connectivity index (χ0) is 15.7. The molecule has 4 N–H and O–H groups in total. The van der Waals surface area contributed by atoms with Crippen molar-refractivity contribution >= 4 is 36.6 Å². The quantitative estimate of drug-likeness (QED) is 0.270. The minimum absolute atomic E-state index is 0. The second kappa shape index (κ2) is 13.1. The predicted octanol–water partition coefficient (Wildman–Crippen LogP) is 2.84. The van der Waals surface area contributed by atoms with Crippen LogP contribution >= 0.6 is 24.8 Å². The molecule has 0 amide bonds. The Morgan fingerprint density at radius 2 is 1.91 bits per heavy atom. The van der Waals surface area contributed by atoms with E-state index in [1.165, 1.54) is 5.06 Å². The first-order valence-electron chi connectivity index (χ1n) is 6.98. The first kappa shape index (κ1) is 23.9. The van der Waals surface area contributed by atoms with E-state index in [4.69, 9.17) is 21.1 Å². The van der Waals surface area contributed by atoms with Crippen molar-refractivity contribution in [3.8, 4) is 0 Å². The molecule has 8 heteroatoms. The molecule has 0 saturated carbocycles. The summed E-state index contributed by atoms with van der Waals surface area (Å²) in [5, 5.41) is 17.9. The molecule has 0 fully saturated rings. The van der Waals surface area contributed by atoms with E-state index in [9.17, 15) is 4.79 Å². The standard InChI is InChI=1S/C15H23N3O3.2ClH/c1-12(16)18(10-6-5-9-14(17)15(19)20)21-11-13-7-3-2-4-8-13;;/h2-4,7-8,14,16H,5-6,9-11,17H2,1H3,(H,19,20);2*1H/t14-;;/m0../s1. The summed E-state index contributed by atoms with van der Waals surface area (Å²) in [6.07, 6.45) is 1.84. The lowest BCUT2D eigenvalue weighted by Crippen LogP contribution is -2.31. The van der Waals surface area contributed by atoms with Gasteiger partial charge in [0.1, 0.15) is 11.9 Å². The molecule has 0 saturated heterocycles. The summed E-state index contributed by atoms with van der Waals surface area (Å²) in [5.74, 6) is -0.649. The SMILES string of the molecule is CC(=N)N(CCCC[C@H](N)C(=O)O)OCc1ccccc1.Cl.Cl. The molecule has 0 spiro atoms. The average molecular weight is 366 g/mol. The highest BCUT2D eigenvalue weighted by Crippen LogP contribution is 2.06. The van der Waals surface area contributed by atoms with Crippen LogP contribution in [0.2, 0.25) is 0 Å². The van der Waals surface area contributed by atoms with Crippen molar-refractivity contribution in [2.45, 2.75) is 38.8 Å². The van der Waals surface area contributed by atoms with Gasteiger partial charge in [0.2, 0.25) is 0 Å². The minimum Gasteiger partial charge on any atom is -0.480 e. The maximum absolute atomic E-state index is 10.6. The second-order valence-electron chi connectivity index (χ2n) is 4.89. The molecule has 1 aromatic rings. The van der Waals surface area contributed by atoms with Crippen molar-refractivity contribution in [2.75, 3.05) is 6.54 Å². The summed E-state index contributed by atoms with van der Waals surface area (Å²) in [4.78, 5) is 16.2. The molecule has 0 aliphatic heterocycles. The van der Waals surface area contributed by atoms with E-state index >= 15 is 0 Å². The number of amidine groups is 1. The molecule has 0 aliphatic carbocycles. The summed E-state index contributed by atoms with van der Waals surface area (Å²) in [6.45, 7) is 2.62. The van der Waals surface area contributed by atoms with Gasteiger partial charge >= 0.3 is 5.97 Å². The molecule has 1 atom stereocenters. The number of unbranched alkanes of at least 4 members (excludes halogenated alkanes) is 1. The number of rotatable bonds is 9. The largest absolute Gasteiger partial charge is 0.480 e. The summed E-state index contributed by atoms with van der Waals surface area (Å²) >= 11 is 0. The van der Waals surface area contributed by atoms with E-state index in [-0.39, 0.29) is 24.8 Å². The maximum Gasteiger partial charge on any atom is 0.320 e. The van der Waals surface area contributed by atoms with E-state index < -0.39 is 12.0 Å². The van der Waals surface area contributed by atoms with Crippen molar-refractivity contribution in [1.82, 2.24) is 5.06 Å². The molecule has 0 aliphatic rings. The van der Waals surface area contributed by atoms with Gasteiger partial charge < -0.3 is 10.8 Å². The van der Waals surface area contributed by atoms with Crippen LogP contribution in [0.15, 0.2) is 30.3 Å². The van der Waals surface area contributed by atoms with Gasteiger partial charge in [-0.25, -0.2) is 5.06 Å². The number of halogens is 2. The van der Waals surface area contributed by atoms with Gasteiger partial charge in [0.15, 0.2) is 0 Å². The van der Waals surface area contributed by atoms with Crippen molar-refractivity contribution in [1.29, 1.82) is 5.41 Å². The van der Waals surface area contributed by atoms with Crippen LogP contribution in [-0.4, -0.2) is 34.6 Å². The van der Waals surface area contributed by atoms with Crippen molar-refractivity contribution in [3.05, 3.63) is 35.9 Å². The fourth-order valence-electron chi connectivity index (χ4n) is 1.80. The summed E-state index contributed by atoms with van der Waals surface area (Å²) in [6, 6.07) is 8.92. The van der Waals surface area contributed by atoms with Crippen LogP contribution in [0.25, 0.3) is 0 Å². The van der Waals surface area contributed by atoms with Crippen LogP contribution in [0.1, 0.15) is 31.7 Å². The van der Waals surface area contributed by atoms with E-state index in [2.05, 4.69) is 0 Å². The number of carboxylic acids is 1. The van der Waals surface area contributed by atoms with Crippen LogP contribution in [0.4, 0.5) is 0 Å². The van der Waals surface area contributed by atoms with Crippen molar-refractivity contribution < 1.29 is 14.7 Å². The fraction of sp³-hybridized carbons (Fsp3) is 0.467. The average Bonchev–Trinajstić information content (AvgIpc) is 2.46. The van der Waals surface area contributed by atoms with Gasteiger partial charge in [-0.3, -0.25) is 15.0 Å². The van der Waals surface area contributed by atoms with Gasteiger partial charge in [0.05, 0.1) is 6.61 Å². The Kier molecular flexibility index (Phi) is 13.7. The van der Waals surface area contributed by atoms with Crippen LogP contribution in [0.3, 0.4) is 0 Å². The lowest BCUT2D eigenvalue weighted by molar-refractivity contribution is -0.138. The molecule has 132 valence electrons. The van der Waals surface area contributed by atoms with Crippen molar-refractivity contribution in [3.63, 3.8) is 0 Å². The van der Waals surface area contributed by atoms with E-state index in [1.807, 2.05) is 30.3 Å². The maximum atomic E-state index is 10.6. The Hall–Kier alpha value is -1.34. The van der Waals surface area contributed by atoms with E-state index in [0.717, 1.165) is 12.0 Å². The Morgan fingerprint density at radius 3 is 2.43 bits per heavy atom. The highest BCUT2D eigenvalue weighted by atomic mass is 35.5. The minimum atomic E-state index is -0.976. The molecule has 23 heavy (non-hydrogen) atoms. The van der Waals surface area contributed by atoms with Gasteiger partial charge in [-0.1, -0.05) is 30.3 Å². The number of carbonyl (C=O) groups is 1. The third-order valence-electron chi connectivity index (χ3n) is 3.05. The number of carboxylic acid groups (broad SMARTS) is 1. The molecule has 0 bridgehead atoms. The number of benzene rings is 1. The summed E-state index contributed by atoms with van der Waals surface area (Å²) < 4.78 is 0. The number of hydrogen-bond acceptors (Lipinski definition) is 4. The van der Waals surface area contributed by atoms with E-state index in [1.54, 1.807) is 6.92 Å². The molecule has 1 aromatic carbocycles. The fourth-order valence-corrected chi connectivity index (χ4v) is 1.80. The monoisotopic (exact) mass is 365 g/mol. The smallest absolute Gasteiger partial charge is 0.320 e. The molecule has 0 aromatic heterocycles. The van der Waals surface area contributed by atoms with Crippen LogP contribution in [-0.2, 0) is 16.2 Å². The zero-order valence-corrected chi connectivity index (χ0v) is 14.7. The number of nitrogens with two attached hydrogens (primary N) is 1. The summed E-state index contributed by atoms with van der Waals surface area (Å²) in [5.41, 5.74) is 6.48. The Morgan fingerprint density at radius 1 is 1.30 bits per heavy atom. The molecule has 0 radical (unpaired) electrons. The number of nitrogens with zero attached hydrogens (tertiary/aromatic N) is 1. The first-order chi connectivity index (χ1) is 10.0. The zero-order valence-electron chi connectivity index (χ0n) is 13.1. The van der Waals surface area contributed by atoms with Crippen LogP contribution < -0.4 is 5.73 Å². The van der Waals surface area contributed by atoms with Gasteiger partial charge in [-0.15, -0.1) is 24.8 Å². The number of aliphatic carboxylic acids is 1. The highest BCUT2D eigenvalue weighted by molar-refractivity contribution is 5.85. The van der Waals surface area contributed by atoms with Crippen molar-refractivity contribution in [2.24, 2.45) is 5.73 Å². The molecule has 6 nitrogen and oxygen atoms in total. The molecule has 0 heterocycles. The molecular formula is C15H25Cl2N3O3. The second-order valence-corrected chi connectivity index (χ2v) is 4.89. The topological polar surface area (TPSA) is 99.6 Å². The summed E-state index contributed by atoms with van der Waals surface area (Å²) in [7, 11) is 0. The number of hydrogen-bond donors (Lipinski definition) is 3. The van der Waals surface area contributed by atoms with Gasteiger partial charge in [-0.05, 0) is 31.7 Å². The lowest BCUT2D eigenvalue weighted by atomic mass is 10.1. The van der Waals surface area contributed by atoms with Gasteiger partial charge in [-0.2, -0.15) is 0 Å². The van der Waals surface area contributed by atoms with Crippen LogP contribution in [0.5, 0.6) is 0 Å². The first-order valence-corrected chi connectivity index (χ1v) is 6.98. The normalized spacial score (nSPS) is 10.9. The van der Waals surface area contributed by atoms with Gasteiger partial charge in [0.25, 0.3) is 0 Å². The van der Waals surface area contributed by atoms with Crippen LogP contribution in [0, 0.1) is 5.41 Å². The lowest BCUT2D eigenvalue weighted by Gasteiger charge is -2.22. The molecular weight excluding hydrogens is 341 g/mol. The Bertz CT molecular complexity index is 461. The molecule has 0 unspecified atom stereocenters. The highest BCUT2D eigenvalue weighted by Gasteiger charge is 2.11. The third kappa shape index (κ3) is 10.1. The third-order valence-corrected chi connectivity index (χ3v) is 3.05. The predicted molar refractivity (Wildman–Crippen MR) is 95.3 cm³/mol. The van der Waals surface area contributed by atoms with E-state index in [0.29, 0.717) is 31.8 Å². The Labute approximate surface area is 149 Å². The number of nitrogens with one attached hydrogen (secondary N) is 1. The number of hydroxylamine groups is 2.